The molecule has 7 heteroatoms. The zero-order chi connectivity index (χ0) is 29.9. The van der Waals surface area contributed by atoms with Gasteiger partial charge < -0.3 is 19.7 Å². The van der Waals surface area contributed by atoms with Crippen LogP contribution in [-0.4, -0.2) is 43.8 Å². The van der Waals surface area contributed by atoms with Gasteiger partial charge in [-0.2, -0.15) is 0 Å². The highest BCUT2D eigenvalue weighted by molar-refractivity contribution is 6.19. The highest BCUT2D eigenvalue weighted by atomic mass is 16.5. The number of amides is 1. The van der Waals surface area contributed by atoms with E-state index >= 15 is 4.79 Å². The number of benzene rings is 4. The Morgan fingerprint density at radius 3 is 2.33 bits per heavy atom. The first-order valence-electron chi connectivity index (χ1n) is 14.2. The number of anilines is 2. The van der Waals surface area contributed by atoms with Crippen LogP contribution in [0.25, 0.3) is 5.57 Å². The van der Waals surface area contributed by atoms with Crippen LogP contribution in [0.3, 0.4) is 0 Å². The minimum Gasteiger partial charge on any atom is -0.497 e. The summed E-state index contributed by atoms with van der Waals surface area (Å²) >= 11 is 0. The monoisotopic (exact) mass is 570 g/mol. The highest BCUT2D eigenvalue weighted by Crippen LogP contribution is 2.59. The molecule has 0 aliphatic carbocycles. The molecule has 1 spiro atoms. The zero-order valence-electron chi connectivity index (χ0n) is 24.0. The maximum Gasteiger partial charge on any atom is 0.238 e. The summed E-state index contributed by atoms with van der Waals surface area (Å²) in [6.45, 7) is 2.01. The third-order valence-electron chi connectivity index (χ3n) is 9.17. The van der Waals surface area contributed by atoms with Crippen LogP contribution in [-0.2, 0) is 10.2 Å². The van der Waals surface area contributed by atoms with Gasteiger partial charge in [-0.25, -0.2) is 0 Å². The Morgan fingerprint density at radius 2 is 1.56 bits per heavy atom. The maximum atomic E-state index is 15.2. The van der Waals surface area contributed by atoms with Crippen molar-refractivity contribution in [1.29, 1.82) is 0 Å². The van der Waals surface area contributed by atoms with Gasteiger partial charge in [0.15, 0.2) is 11.6 Å². The zero-order valence-corrected chi connectivity index (χ0v) is 24.0. The first-order valence-corrected chi connectivity index (χ1v) is 14.2. The lowest BCUT2D eigenvalue weighted by molar-refractivity contribution is -0.121. The van der Waals surface area contributed by atoms with Crippen molar-refractivity contribution in [2.24, 2.45) is 5.92 Å². The van der Waals surface area contributed by atoms with Gasteiger partial charge in [0.2, 0.25) is 5.91 Å². The van der Waals surface area contributed by atoms with Gasteiger partial charge in [0.05, 0.1) is 31.7 Å². The van der Waals surface area contributed by atoms with E-state index in [0.29, 0.717) is 28.3 Å². The Hall–Kier alpha value is -5.17. The van der Waals surface area contributed by atoms with Gasteiger partial charge in [-0.1, -0.05) is 72.8 Å². The van der Waals surface area contributed by atoms with Crippen LogP contribution in [0.1, 0.15) is 38.8 Å². The van der Waals surface area contributed by atoms with Gasteiger partial charge in [-0.05, 0) is 48.4 Å². The number of fused-ring (bicyclic) bond motifs is 6. The van der Waals surface area contributed by atoms with Crippen molar-refractivity contribution in [2.75, 3.05) is 24.4 Å². The Labute approximate surface area is 249 Å². The molecule has 43 heavy (non-hydrogen) atoms. The fourth-order valence-corrected chi connectivity index (χ4v) is 7.33. The van der Waals surface area contributed by atoms with Crippen LogP contribution in [0, 0.1) is 5.92 Å². The summed E-state index contributed by atoms with van der Waals surface area (Å²) in [5.41, 5.74) is 3.39. The van der Waals surface area contributed by atoms with Gasteiger partial charge in [-0.3, -0.25) is 14.4 Å². The first kappa shape index (κ1) is 26.7. The molecule has 0 radical (unpaired) electrons. The summed E-state index contributed by atoms with van der Waals surface area (Å²) in [7, 11) is 3.03. The van der Waals surface area contributed by atoms with Crippen LogP contribution < -0.4 is 19.7 Å². The lowest BCUT2D eigenvalue weighted by Gasteiger charge is -2.39. The van der Waals surface area contributed by atoms with Crippen molar-refractivity contribution in [1.82, 2.24) is 0 Å². The molecule has 3 aliphatic heterocycles. The van der Waals surface area contributed by atoms with E-state index in [4.69, 9.17) is 9.47 Å². The predicted molar refractivity (Wildman–Crippen MR) is 165 cm³/mol. The van der Waals surface area contributed by atoms with Crippen LogP contribution in [0.5, 0.6) is 11.5 Å². The highest BCUT2D eigenvalue weighted by Gasteiger charge is 2.70. The molecule has 7 rings (SSSR count). The topological polar surface area (TPSA) is 84.9 Å². The molecular formula is C36H30N2O5. The normalized spacial score (nSPS) is 23.1. The van der Waals surface area contributed by atoms with Gasteiger partial charge >= 0.3 is 0 Å². The van der Waals surface area contributed by atoms with E-state index in [9.17, 15) is 9.59 Å². The van der Waals surface area contributed by atoms with Crippen molar-refractivity contribution in [3.63, 3.8) is 0 Å². The number of ketones is 2. The third-order valence-corrected chi connectivity index (χ3v) is 9.17. The first-order chi connectivity index (χ1) is 20.9. The van der Waals surface area contributed by atoms with Crippen LogP contribution >= 0.6 is 0 Å². The summed E-state index contributed by atoms with van der Waals surface area (Å²) in [4.78, 5) is 46.5. The Morgan fingerprint density at radius 1 is 0.837 bits per heavy atom. The van der Waals surface area contributed by atoms with E-state index in [0.717, 1.165) is 16.8 Å². The quantitative estimate of drug-likeness (QED) is 0.289. The molecule has 0 aromatic heterocycles. The lowest BCUT2D eigenvalue weighted by atomic mass is 9.63. The summed E-state index contributed by atoms with van der Waals surface area (Å²) < 4.78 is 11.1. The number of hydrogen-bond acceptors (Lipinski definition) is 6. The molecule has 1 saturated heterocycles. The van der Waals surface area contributed by atoms with E-state index in [1.165, 1.54) is 14.2 Å². The molecule has 4 aromatic rings. The van der Waals surface area contributed by atoms with Crippen molar-refractivity contribution >= 4 is 34.4 Å². The number of rotatable bonds is 6. The van der Waals surface area contributed by atoms with Crippen molar-refractivity contribution in [3.05, 3.63) is 125 Å². The summed E-state index contributed by atoms with van der Waals surface area (Å²) in [5.74, 6) is -1.20. The number of ether oxygens (including phenoxy) is 2. The number of Topliss-reactive ketones (excluding diaryl/α,β-unsaturated/α-hetero) is 2. The second-order valence-corrected chi connectivity index (χ2v) is 11.2. The van der Waals surface area contributed by atoms with E-state index in [-0.39, 0.29) is 23.0 Å². The Kier molecular flexibility index (Phi) is 6.20. The smallest absolute Gasteiger partial charge is 0.238 e. The Balaban J connectivity index is 1.57. The predicted octanol–water partition coefficient (Wildman–Crippen LogP) is 5.95. The molecule has 0 bridgehead atoms. The summed E-state index contributed by atoms with van der Waals surface area (Å²) in [6, 6.07) is 27.7. The molecule has 1 N–H and O–H groups in total. The number of carbonyl (C=O) groups is 3. The average molecular weight is 571 g/mol. The standard InChI is InChI=1S/C36H30N2O5/c1-21-19-30-36(26-14-8-9-15-27(26)37-35(36)41)31(34(40)25-20-23(42-2)17-18-29(25)43-3)32(33(39)22-11-5-4-6-12-22)38(30)28-16-10-7-13-24(21)28/h4-20,30-32H,1-3H3,(H,37,41)/t30-,31+,32-,36-/m1/s1. The number of hydrogen-bond donors (Lipinski definition) is 1. The molecule has 0 saturated carbocycles. The molecule has 214 valence electrons. The van der Waals surface area contributed by atoms with Crippen molar-refractivity contribution in [3.8, 4) is 11.5 Å². The SMILES string of the molecule is COc1ccc(OC)c(C(=O)[C@@H]2[C@H](C(=O)c3ccccc3)N3c4ccccc4C(C)=C[C@@H]3[C@@]23C(=O)Nc2ccccc23)c1. The minimum absolute atomic E-state index is 0.234. The summed E-state index contributed by atoms with van der Waals surface area (Å²) in [5, 5.41) is 3.07. The number of allylic oxidation sites excluding steroid dienone is 1. The van der Waals surface area contributed by atoms with Gasteiger partial charge in [0, 0.05) is 22.5 Å². The van der Waals surface area contributed by atoms with Gasteiger partial charge in [-0.15, -0.1) is 0 Å². The molecule has 4 atom stereocenters. The molecule has 3 heterocycles. The molecule has 4 aromatic carbocycles. The number of methoxy groups -OCH3 is 2. The van der Waals surface area contributed by atoms with Crippen molar-refractivity contribution in [2.45, 2.75) is 24.4 Å². The van der Waals surface area contributed by atoms with Crippen LogP contribution in [0.4, 0.5) is 11.4 Å². The van der Waals surface area contributed by atoms with E-state index in [1.54, 1.807) is 30.3 Å². The average Bonchev–Trinajstić information content (AvgIpc) is 3.52. The molecule has 1 fully saturated rings. The van der Waals surface area contributed by atoms with Crippen LogP contribution in [0.2, 0.25) is 0 Å². The minimum atomic E-state index is -1.41. The molecule has 1 amide bonds. The number of nitrogens with one attached hydrogen (secondary N) is 1. The number of nitrogens with zero attached hydrogens (tertiary/aromatic N) is 1. The second-order valence-electron chi connectivity index (χ2n) is 11.2. The largest absolute Gasteiger partial charge is 0.497 e. The van der Waals surface area contributed by atoms with E-state index < -0.39 is 23.4 Å². The van der Waals surface area contributed by atoms with E-state index in [2.05, 4.69) is 5.32 Å². The third kappa shape index (κ3) is 3.70. The molecule has 3 aliphatic rings. The Bertz CT molecular complexity index is 1830. The maximum absolute atomic E-state index is 15.2. The lowest BCUT2D eigenvalue weighted by Crippen LogP contribution is -2.51. The van der Waals surface area contributed by atoms with Crippen LogP contribution in [0.15, 0.2) is 103 Å². The fourth-order valence-electron chi connectivity index (χ4n) is 7.33. The molecule has 0 unspecified atom stereocenters. The summed E-state index contributed by atoms with van der Waals surface area (Å²) in [6.07, 6.45) is 2.05. The van der Waals surface area contributed by atoms with Gasteiger partial charge in [0.25, 0.3) is 0 Å². The van der Waals surface area contributed by atoms with Gasteiger partial charge in [0.1, 0.15) is 23.0 Å². The van der Waals surface area contributed by atoms with E-state index in [1.807, 2.05) is 84.6 Å². The fraction of sp³-hybridized carbons (Fsp3) is 0.194. The molecule has 7 nitrogen and oxygen atoms in total. The second kappa shape index (κ2) is 9.98. The molecular weight excluding hydrogens is 540 g/mol. The number of para-hydroxylation sites is 2. The van der Waals surface area contributed by atoms with Crippen molar-refractivity contribution < 1.29 is 23.9 Å². The number of carbonyl (C=O) groups excluding carboxylic acids is 3.